The van der Waals surface area contributed by atoms with Crippen molar-refractivity contribution in [1.82, 2.24) is 5.32 Å². The summed E-state index contributed by atoms with van der Waals surface area (Å²) in [4.78, 5) is 26.3. The number of anilines is 2. The average molecular weight is 464 g/mol. The third-order valence-corrected chi connectivity index (χ3v) is 6.77. The molecule has 0 spiro atoms. The van der Waals surface area contributed by atoms with E-state index in [2.05, 4.69) is 5.32 Å². The number of benzene rings is 2. The summed E-state index contributed by atoms with van der Waals surface area (Å²) in [7, 11) is 0. The average Bonchev–Trinajstić information content (AvgIpc) is 3.13. The van der Waals surface area contributed by atoms with E-state index in [4.69, 9.17) is 4.74 Å². The maximum atomic E-state index is 14.9. The Morgan fingerprint density at radius 3 is 2.59 bits per heavy atom. The number of cyclic esters (lactones) is 1. The van der Waals surface area contributed by atoms with Gasteiger partial charge in [-0.3, -0.25) is 9.69 Å². The second kappa shape index (κ2) is 9.33. The van der Waals surface area contributed by atoms with Crippen LogP contribution in [-0.2, 0) is 20.7 Å². The maximum absolute atomic E-state index is 14.9. The predicted octanol–water partition coefficient (Wildman–Crippen LogP) is 2.66. The minimum atomic E-state index is -0.859. The highest BCUT2D eigenvalue weighted by molar-refractivity contribution is 7.91. The van der Waals surface area contributed by atoms with E-state index in [1.807, 2.05) is 4.90 Å². The number of ether oxygens (including phenoxy) is 1. The normalized spacial score (nSPS) is 19.2. The molecule has 7 nitrogen and oxygen atoms in total. The highest BCUT2D eigenvalue weighted by atomic mass is 32.2. The van der Waals surface area contributed by atoms with Gasteiger partial charge < -0.3 is 19.5 Å². The lowest BCUT2D eigenvalue weighted by Crippen LogP contribution is -2.40. The fourth-order valence-electron chi connectivity index (χ4n) is 3.81. The number of rotatable bonds is 5. The van der Waals surface area contributed by atoms with Crippen LogP contribution in [0.25, 0.3) is 11.1 Å². The van der Waals surface area contributed by atoms with Crippen LogP contribution in [0.2, 0.25) is 0 Å². The molecule has 2 fully saturated rings. The molecule has 2 aromatic carbocycles. The Balaban J connectivity index is 1.49. The molecule has 4 rings (SSSR count). The van der Waals surface area contributed by atoms with Crippen molar-refractivity contribution >= 4 is 34.6 Å². The number of hydrogen-bond acceptors (Lipinski definition) is 5. The molecule has 170 valence electrons. The molecular weight excluding hydrogens is 440 g/mol. The van der Waals surface area contributed by atoms with Gasteiger partial charge in [-0.1, -0.05) is 17.2 Å². The summed E-state index contributed by atoms with van der Waals surface area (Å²) in [6, 6.07) is 8.83. The second-order valence-electron chi connectivity index (χ2n) is 7.72. The highest BCUT2D eigenvalue weighted by Crippen LogP contribution is 2.32. The SMILES string of the molecule is CC(=O)NCC1CN(c2ccc(-c3ccc(N4CC[S+]([O-])CC4)c(F)c3)c(F)c2)C(=O)O1. The maximum Gasteiger partial charge on any atom is 0.414 e. The van der Waals surface area contributed by atoms with Crippen molar-refractivity contribution < 1.29 is 27.7 Å². The Hall–Kier alpha value is -2.85. The summed E-state index contributed by atoms with van der Waals surface area (Å²) in [6.45, 7) is 2.76. The minimum Gasteiger partial charge on any atom is -0.616 e. The van der Waals surface area contributed by atoms with Crippen LogP contribution in [0.4, 0.5) is 25.0 Å². The van der Waals surface area contributed by atoms with E-state index in [9.17, 15) is 22.9 Å². The van der Waals surface area contributed by atoms with Crippen molar-refractivity contribution in [2.45, 2.75) is 13.0 Å². The molecule has 2 heterocycles. The molecular formula is C22H23F2N3O4S. The van der Waals surface area contributed by atoms with Gasteiger partial charge in [0.25, 0.3) is 0 Å². The zero-order valence-corrected chi connectivity index (χ0v) is 18.3. The summed E-state index contributed by atoms with van der Waals surface area (Å²) in [5, 5.41) is 2.59. The van der Waals surface area contributed by atoms with Crippen molar-refractivity contribution in [3.63, 3.8) is 0 Å². The molecule has 2 aliphatic heterocycles. The molecule has 2 aliphatic rings. The highest BCUT2D eigenvalue weighted by Gasteiger charge is 2.32. The fraction of sp³-hybridized carbons (Fsp3) is 0.364. The topological polar surface area (TPSA) is 84.9 Å². The van der Waals surface area contributed by atoms with Gasteiger partial charge in [-0.2, -0.15) is 0 Å². The monoisotopic (exact) mass is 463 g/mol. The van der Waals surface area contributed by atoms with Crippen molar-refractivity contribution in [3.05, 3.63) is 48.0 Å². The lowest BCUT2D eigenvalue weighted by Gasteiger charge is -2.30. The molecule has 2 amide bonds. The molecule has 1 unspecified atom stereocenters. The molecule has 1 atom stereocenters. The zero-order chi connectivity index (χ0) is 22.8. The van der Waals surface area contributed by atoms with Crippen molar-refractivity contribution in [2.75, 3.05) is 47.5 Å². The summed E-state index contributed by atoms with van der Waals surface area (Å²) < 4.78 is 46.4. The van der Waals surface area contributed by atoms with E-state index in [0.717, 1.165) is 0 Å². The van der Waals surface area contributed by atoms with Crippen LogP contribution >= 0.6 is 0 Å². The Morgan fingerprint density at radius 2 is 1.94 bits per heavy atom. The second-order valence-corrected chi connectivity index (χ2v) is 9.42. The zero-order valence-electron chi connectivity index (χ0n) is 17.5. The first-order valence-corrected chi connectivity index (χ1v) is 11.7. The molecule has 32 heavy (non-hydrogen) atoms. The largest absolute Gasteiger partial charge is 0.616 e. The number of carbonyl (C=O) groups excluding carboxylic acids is 2. The number of amides is 2. The first-order valence-electron chi connectivity index (χ1n) is 10.2. The molecule has 2 saturated heterocycles. The Bertz CT molecular complexity index is 1030. The van der Waals surface area contributed by atoms with Gasteiger partial charge in [-0.15, -0.1) is 0 Å². The summed E-state index contributed by atoms with van der Waals surface area (Å²) in [6.07, 6.45) is -1.15. The minimum absolute atomic E-state index is 0.177. The van der Waals surface area contributed by atoms with Crippen molar-refractivity contribution in [1.29, 1.82) is 0 Å². The molecule has 0 bridgehead atoms. The summed E-state index contributed by atoms with van der Waals surface area (Å²) in [5.41, 5.74) is 1.32. The molecule has 0 aromatic heterocycles. The van der Waals surface area contributed by atoms with Crippen molar-refractivity contribution in [2.24, 2.45) is 0 Å². The number of halogens is 2. The van der Waals surface area contributed by atoms with Crippen LogP contribution in [0.5, 0.6) is 0 Å². The van der Waals surface area contributed by atoms with Crippen LogP contribution in [-0.4, -0.2) is 60.3 Å². The Labute approximate surface area is 187 Å². The van der Waals surface area contributed by atoms with Gasteiger partial charge in [0.1, 0.15) is 29.2 Å². The van der Waals surface area contributed by atoms with Gasteiger partial charge in [0.15, 0.2) is 0 Å². The van der Waals surface area contributed by atoms with E-state index < -0.39 is 35.0 Å². The fourth-order valence-corrected chi connectivity index (χ4v) is 4.86. The molecule has 0 aliphatic carbocycles. The van der Waals surface area contributed by atoms with E-state index in [1.165, 1.54) is 30.0 Å². The Kier molecular flexibility index (Phi) is 6.52. The van der Waals surface area contributed by atoms with Crippen LogP contribution in [0.15, 0.2) is 36.4 Å². The van der Waals surface area contributed by atoms with Crippen LogP contribution in [0.3, 0.4) is 0 Å². The van der Waals surface area contributed by atoms with E-state index in [1.54, 1.807) is 18.2 Å². The first-order chi connectivity index (χ1) is 15.3. The van der Waals surface area contributed by atoms with E-state index in [0.29, 0.717) is 41.5 Å². The van der Waals surface area contributed by atoms with Gasteiger partial charge in [0, 0.05) is 12.5 Å². The van der Waals surface area contributed by atoms with Gasteiger partial charge in [-0.05, 0) is 35.9 Å². The molecule has 2 aromatic rings. The number of nitrogens with one attached hydrogen (secondary N) is 1. The number of carbonyl (C=O) groups is 2. The number of hydrogen-bond donors (Lipinski definition) is 1. The third-order valence-electron chi connectivity index (χ3n) is 5.49. The van der Waals surface area contributed by atoms with Gasteiger partial charge >= 0.3 is 6.09 Å². The van der Waals surface area contributed by atoms with E-state index >= 15 is 0 Å². The van der Waals surface area contributed by atoms with Crippen LogP contribution in [0.1, 0.15) is 6.92 Å². The smallest absolute Gasteiger partial charge is 0.414 e. The molecule has 0 saturated carbocycles. The summed E-state index contributed by atoms with van der Waals surface area (Å²) >= 11 is -0.859. The molecule has 10 heteroatoms. The predicted molar refractivity (Wildman–Crippen MR) is 118 cm³/mol. The van der Waals surface area contributed by atoms with Crippen molar-refractivity contribution in [3.8, 4) is 11.1 Å². The lowest BCUT2D eigenvalue weighted by molar-refractivity contribution is -0.119. The van der Waals surface area contributed by atoms with Gasteiger partial charge in [0.05, 0.1) is 37.6 Å². The molecule has 0 radical (unpaired) electrons. The molecule has 1 N–H and O–H groups in total. The van der Waals surface area contributed by atoms with Crippen LogP contribution in [0, 0.1) is 11.6 Å². The number of nitrogens with zero attached hydrogens (tertiary/aromatic N) is 2. The van der Waals surface area contributed by atoms with Crippen LogP contribution < -0.4 is 15.1 Å². The van der Waals surface area contributed by atoms with Gasteiger partial charge in [0.2, 0.25) is 5.91 Å². The Morgan fingerprint density at radius 1 is 1.19 bits per heavy atom. The quantitative estimate of drug-likeness (QED) is 0.690. The van der Waals surface area contributed by atoms with E-state index in [-0.39, 0.29) is 24.6 Å². The van der Waals surface area contributed by atoms with Gasteiger partial charge in [-0.25, -0.2) is 13.6 Å². The summed E-state index contributed by atoms with van der Waals surface area (Å²) in [5.74, 6) is -0.295. The lowest BCUT2D eigenvalue weighted by atomic mass is 10.0. The third kappa shape index (κ3) is 4.81. The standard InChI is InChI=1S/C22H23F2N3O4S/c1-14(28)25-12-17-13-27(22(29)31-17)16-3-4-18(19(23)11-16)15-2-5-21(20(24)10-15)26-6-8-32(30)9-7-26/h2-5,10-11,17H,6-9,12-13H2,1H3,(H,25,28). The first kappa shape index (κ1) is 22.3.